The molecule has 2 heterocycles. The molecule has 2 atom stereocenters. The molecular formula is C23H22FN3O4. The molecule has 2 N–H and O–H groups in total. The Morgan fingerprint density at radius 1 is 1.23 bits per heavy atom. The normalized spacial score (nSPS) is 18.2. The highest BCUT2D eigenvalue weighted by Gasteiger charge is 2.38. The lowest BCUT2D eigenvalue weighted by Gasteiger charge is -2.24. The molecule has 0 radical (unpaired) electrons. The Kier molecular flexibility index (Phi) is 6.08. The van der Waals surface area contributed by atoms with Crippen molar-refractivity contribution in [3.63, 3.8) is 0 Å². The summed E-state index contributed by atoms with van der Waals surface area (Å²) in [5.74, 6) is -0.599. The van der Waals surface area contributed by atoms with Crippen LogP contribution in [0, 0.1) is 5.82 Å². The lowest BCUT2D eigenvalue weighted by molar-refractivity contribution is -0.138. The number of hydrogen-bond donors (Lipinski definition) is 2. The second-order valence-electron chi connectivity index (χ2n) is 7.50. The average Bonchev–Trinajstić information content (AvgIpc) is 3.44. The zero-order chi connectivity index (χ0) is 21.8. The highest BCUT2D eigenvalue weighted by atomic mass is 19.1. The van der Waals surface area contributed by atoms with Crippen molar-refractivity contribution in [2.45, 2.75) is 31.5 Å². The van der Waals surface area contributed by atoms with Crippen molar-refractivity contribution in [2.24, 2.45) is 0 Å². The van der Waals surface area contributed by atoms with Gasteiger partial charge in [0.15, 0.2) is 12.2 Å². The Morgan fingerprint density at radius 3 is 2.84 bits per heavy atom. The molecule has 0 spiro atoms. The number of nitrogens with one attached hydrogen (secondary N) is 1. The van der Waals surface area contributed by atoms with E-state index in [9.17, 15) is 19.1 Å². The van der Waals surface area contributed by atoms with Crippen molar-refractivity contribution < 1.29 is 23.5 Å². The van der Waals surface area contributed by atoms with E-state index < -0.39 is 23.9 Å². The first-order chi connectivity index (χ1) is 15.0. The number of aromatic nitrogens is 1. The summed E-state index contributed by atoms with van der Waals surface area (Å²) in [6.45, 7) is 0.301. The highest BCUT2D eigenvalue weighted by Crippen LogP contribution is 2.22. The lowest BCUT2D eigenvalue weighted by atomic mass is 10.1. The molecule has 1 aliphatic rings. The minimum atomic E-state index is -0.799. The average molecular weight is 423 g/mol. The molecule has 160 valence electrons. The van der Waals surface area contributed by atoms with Gasteiger partial charge < -0.3 is 19.7 Å². The Hall–Kier alpha value is -3.52. The van der Waals surface area contributed by atoms with Crippen molar-refractivity contribution in [2.75, 3.05) is 6.54 Å². The van der Waals surface area contributed by atoms with E-state index in [1.165, 1.54) is 23.4 Å². The second-order valence-corrected chi connectivity index (χ2v) is 7.50. The maximum atomic E-state index is 13.9. The summed E-state index contributed by atoms with van der Waals surface area (Å²) in [6, 6.07) is 12.7. The van der Waals surface area contributed by atoms with Crippen LogP contribution < -0.4 is 5.32 Å². The van der Waals surface area contributed by atoms with Crippen LogP contribution in [0.1, 0.15) is 17.5 Å². The molecule has 0 bridgehead atoms. The molecule has 1 aromatic heterocycles. The number of β-amino-alcohol motifs (C(OH)–C–C–N with tert-alkyl or cyclic N) is 1. The lowest BCUT2D eigenvalue weighted by Crippen LogP contribution is -2.46. The van der Waals surface area contributed by atoms with Crippen LogP contribution in [0.25, 0.3) is 11.3 Å². The standard InChI is InChI=1S/C23H22FN3O4/c24-19-7-2-1-5-16(19)9-22(29)27-13-18(28)10-20(27)23(30)26-11-15-4-3-6-17(8-15)21-12-25-14-31-21/h1-8,12,14,18,20,28H,9-11,13H2,(H,26,30). The third-order valence-electron chi connectivity index (χ3n) is 5.31. The molecule has 1 saturated heterocycles. The minimum Gasteiger partial charge on any atom is -0.444 e. The molecule has 8 heteroatoms. The number of amides is 2. The summed E-state index contributed by atoms with van der Waals surface area (Å²) < 4.78 is 19.2. The van der Waals surface area contributed by atoms with Gasteiger partial charge in [0.05, 0.1) is 18.7 Å². The number of nitrogens with zero attached hydrogens (tertiary/aromatic N) is 2. The van der Waals surface area contributed by atoms with Gasteiger partial charge in [-0.3, -0.25) is 9.59 Å². The van der Waals surface area contributed by atoms with Crippen molar-refractivity contribution >= 4 is 11.8 Å². The van der Waals surface area contributed by atoms with Crippen LogP contribution >= 0.6 is 0 Å². The Balaban J connectivity index is 1.40. The maximum absolute atomic E-state index is 13.9. The van der Waals surface area contributed by atoms with Gasteiger partial charge in [0.25, 0.3) is 0 Å². The largest absolute Gasteiger partial charge is 0.444 e. The van der Waals surface area contributed by atoms with Gasteiger partial charge in [-0.1, -0.05) is 36.4 Å². The number of carbonyl (C=O) groups is 2. The summed E-state index contributed by atoms with van der Waals surface area (Å²) in [4.78, 5) is 30.8. The molecule has 0 saturated carbocycles. The maximum Gasteiger partial charge on any atom is 0.243 e. The van der Waals surface area contributed by atoms with Gasteiger partial charge >= 0.3 is 0 Å². The highest BCUT2D eigenvalue weighted by molar-refractivity contribution is 5.89. The molecule has 4 rings (SSSR count). The Morgan fingerprint density at radius 2 is 2.06 bits per heavy atom. The van der Waals surface area contributed by atoms with Gasteiger partial charge in [0, 0.05) is 25.1 Å². The number of likely N-dealkylation sites (tertiary alicyclic amines) is 1. The van der Waals surface area contributed by atoms with Gasteiger partial charge in [0.1, 0.15) is 11.9 Å². The van der Waals surface area contributed by atoms with Crippen molar-refractivity contribution in [1.82, 2.24) is 15.2 Å². The van der Waals surface area contributed by atoms with Gasteiger partial charge in [-0.25, -0.2) is 9.37 Å². The first-order valence-electron chi connectivity index (χ1n) is 9.97. The molecule has 1 aliphatic heterocycles. The molecule has 2 aromatic carbocycles. The fourth-order valence-corrected chi connectivity index (χ4v) is 3.74. The molecule has 31 heavy (non-hydrogen) atoms. The van der Waals surface area contributed by atoms with Crippen LogP contribution in [-0.4, -0.2) is 45.5 Å². The number of aliphatic hydroxyl groups is 1. The number of halogens is 1. The molecule has 2 unspecified atom stereocenters. The quantitative estimate of drug-likeness (QED) is 0.634. The van der Waals surface area contributed by atoms with E-state index in [2.05, 4.69) is 10.3 Å². The van der Waals surface area contributed by atoms with Gasteiger partial charge in [-0.2, -0.15) is 0 Å². The molecule has 1 fully saturated rings. The number of benzene rings is 2. The summed E-state index contributed by atoms with van der Waals surface area (Å²) >= 11 is 0. The van der Waals surface area contributed by atoms with Crippen LogP contribution in [0.3, 0.4) is 0 Å². The van der Waals surface area contributed by atoms with Gasteiger partial charge in [-0.05, 0) is 23.3 Å². The third-order valence-corrected chi connectivity index (χ3v) is 5.31. The molecule has 3 aromatic rings. The Labute approximate surface area is 178 Å². The molecule has 7 nitrogen and oxygen atoms in total. The second kappa shape index (κ2) is 9.09. The molecule has 0 aliphatic carbocycles. The molecule has 2 amide bonds. The van der Waals surface area contributed by atoms with E-state index in [0.717, 1.165) is 11.1 Å². The van der Waals surface area contributed by atoms with Crippen LogP contribution in [0.4, 0.5) is 4.39 Å². The van der Waals surface area contributed by atoms with Crippen LogP contribution in [0.5, 0.6) is 0 Å². The van der Waals surface area contributed by atoms with Crippen molar-refractivity contribution in [1.29, 1.82) is 0 Å². The van der Waals surface area contributed by atoms with Crippen molar-refractivity contribution in [3.05, 3.63) is 78.1 Å². The monoisotopic (exact) mass is 423 g/mol. The van der Waals surface area contributed by atoms with Gasteiger partial charge in [-0.15, -0.1) is 0 Å². The van der Waals surface area contributed by atoms with E-state index in [1.807, 2.05) is 24.3 Å². The van der Waals surface area contributed by atoms with E-state index in [0.29, 0.717) is 5.76 Å². The SMILES string of the molecule is O=C(NCc1cccc(-c2cnco2)c1)C1CC(O)CN1C(=O)Cc1ccccc1F. The fraction of sp³-hybridized carbons (Fsp3) is 0.261. The fourth-order valence-electron chi connectivity index (χ4n) is 3.74. The zero-order valence-corrected chi connectivity index (χ0v) is 16.7. The van der Waals surface area contributed by atoms with Gasteiger partial charge in [0.2, 0.25) is 11.8 Å². The Bertz CT molecular complexity index is 1070. The van der Waals surface area contributed by atoms with Crippen molar-refractivity contribution in [3.8, 4) is 11.3 Å². The summed E-state index contributed by atoms with van der Waals surface area (Å²) in [6.07, 6.45) is 2.14. The minimum absolute atomic E-state index is 0.0480. The smallest absolute Gasteiger partial charge is 0.243 e. The van der Waals surface area contributed by atoms with E-state index in [1.54, 1.807) is 18.3 Å². The van der Waals surface area contributed by atoms with E-state index in [-0.39, 0.29) is 37.4 Å². The summed E-state index contributed by atoms with van der Waals surface area (Å²) in [7, 11) is 0. The zero-order valence-electron chi connectivity index (χ0n) is 16.7. The number of oxazole rings is 1. The number of aliphatic hydroxyl groups excluding tert-OH is 1. The van der Waals surface area contributed by atoms with E-state index >= 15 is 0 Å². The molecular weight excluding hydrogens is 401 g/mol. The summed E-state index contributed by atoms with van der Waals surface area (Å²) in [5, 5.41) is 12.9. The number of hydrogen-bond acceptors (Lipinski definition) is 5. The number of carbonyl (C=O) groups excluding carboxylic acids is 2. The van der Waals surface area contributed by atoms with E-state index in [4.69, 9.17) is 4.42 Å². The van der Waals surface area contributed by atoms with Crippen LogP contribution in [-0.2, 0) is 22.6 Å². The third kappa shape index (κ3) is 4.80. The predicted octanol–water partition coefficient (Wildman–Crippen LogP) is 2.30. The predicted molar refractivity (Wildman–Crippen MR) is 110 cm³/mol. The first-order valence-corrected chi connectivity index (χ1v) is 9.97. The first kappa shape index (κ1) is 20.7. The number of rotatable bonds is 6. The van der Waals surface area contributed by atoms with Crippen LogP contribution in [0.15, 0.2) is 65.5 Å². The van der Waals surface area contributed by atoms with Crippen LogP contribution in [0.2, 0.25) is 0 Å². The topological polar surface area (TPSA) is 95.7 Å². The summed E-state index contributed by atoms with van der Waals surface area (Å²) in [5.41, 5.74) is 1.95.